The fraction of sp³-hybridized carbons (Fsp3) is 0.143. The van der Waals surface area contributed by atoms with Gasteiger partial charge in [0.1, 0.15) is 0 Å². The van der Waals surface area contributed by atoms with Crippen molar-refractivity contribution in [2.24, 2.45) is 0 Å². The van der Waals surface area contributed by atoms with Crippen LogP contribution in [0.25, 0.3) is 0 Å². The number of anilines is 2. The lowest BCUT2D eigenvalue weighted by Gasteiger charge is -2.04. The van der Waals surface area contributed by atoms with Crippen LogP contribution < -0.4 is 8.43 Å². The Balaban J connectivity index is 2.51. The summed E-state index contributed by atoms with van der Waals surface area (Å²) in [7, 11) is 0. The highest BCUT2D eigenvalue weighted by atomic mass is 127. The van der Waals surface area contributed by atoms with E-state index in [1.54, 1.807) is 0 Å². The molecule has 0 spiro atoms. The average Bonchev–Trinajstić information content (AvgIpc) is 2.34. The molecule has 0 unspecified atom stereocenters. The minimum atomic E-state index is 0.917. The van der Waals surface area contributed by atoms with Gasteiger partial charge in [0, 0.05) is 0 Å². The largest absolute Gasteiger partial charge is 0.365 e. The minimum Gasteiger partial charge on any atom is -0.365 e. The van der Waals surface area contributed by atoms with Gasteiger partial charge in [-0.25, -0.2) is 0 Å². The van der Waals surface area contributed by atoms with Crippen LogP contribution in [0.3, 0.4) is 0 Å². The van der Waals surface area contributed by atoms with E-state index in [0.29, 0.717) is 0 Å². The Morgan fingerprint density at radius 2 is 2.20 bits per heavy atom. The fourth-order valence-electron chi connectivity index (χ4n) is 1.07. The van der Waals surface area contributed by atoms with Crippen molar-refractivity contribution in [2.75, 3.05) is 15.1 Å². The van der Waals surface area contributed by atoms with Crippen LogP contribution in [0.2, 0.25) is 0 Å². The number of rotatable bonds is 0. The van der Waals surface area contributed by atoms with E-state index in [-0.39, 0.29) is 0 Å². The molecular weight excluding hydrogens is 239 g/mol. The Morgan fingerprint density at radius 1 is 1.40 bits per heavy atom. The van der Waals surface area contributed by atoms with E-state index in [9.17, 15) is 0 Å². The molecule has 1 N–H and O–H groups in total. The van der Waals surface area contributed by atoms with Gasteiger partial charge in [-0.2, -0.15) is 0 Å². The third-order valence-corrected chi connectivity index (χ3v) is 2.43. The number of fused-ring (bicyclic) bond motifs is 1. The van der Waals surface area contributed by atoms with Gasteiger partial charge in [0.2, 0.25) is 0 Å². The number of halogens is 1. The highest BCUT2D eigenvalue weighted by Gasteiger charge is 2.13. The maximum Gasteiger partial charge on any atom is 0.0973 e. The summed E-state index contributed by atoms with van der Waals surface area (Å²) < 4.78 is 2.16. The second-order valence-electron chi connectivity index (χ2n) is 2.21. The molecule has 0 fully saturated rings. The second kappa shape index (κ2) is 2.30. The molecular formula is C7H7IN2. The summed E-state index contributed by atoms with van der Waals surface area (Å²) in [5, 5.41) is 3.27. The number of benzene rings is 1. The topological polar surface area (TPSA) is 15.3 Å². The van der Waals surface area contributed by atoms with E-state index in [4.69, 9.17) is 0 Å². The van der Waals surface area contributed by atoms with Crippen molar-refractivity contribution < 1.29 is 0 Å². The second-order valence-corrected chi connectivity index (χ2v) is 3.38. The first-order chi connectivity index (χ1) is 4.88. The molecule has 0 saturated heterocycles. The molecule has 1 aliphatic rings. The van der Waals surface area contributed by atoms with Crippen molar-refractivity contribution in [1.82, 2.24) is 0 Å². The Kier molecular flexibility index (Phi) is 1.44. The maximum atomic E-state index is 3.27. The van der Waals surface area contributed by atoms with Gasteiger partial charge < -0.3 is 5.32 Å². The SMILES string of the molecule is IN1CNc2ccccc21. The molecule has 0 atom stereocenters. The highest BCUT2D eigenvalue weighted by molar-refractivity contribution is 14.1. The summed E-state index contributed by atoms with van der Waals surface area (Å²) in [6, 6.07) is 8.30. The van der Waals surface area contributed by atoms with Gasteiger partial charge in [-0.1, -0.05) is 12.1 Å². The van der Waals surface area contributed by atoms with Crippen LogP contribution in [0.4, 0.5) is 11.4 Å². The normalized spacial score (nSPS) is 14.7. The lowest BCUT2D eigenvalue weighted by Crippen LogP contribution is -2.07. The average molecular weight is 246 g/mol. The van der Waals surface area contributed by atoms with Crippen LogP contribution in [0, 0.1) is 0 Å². The molecule has 52 valence electrons. The summed E-state index contributed by atoms with van der Waals surface area (Å²) in [6.07, 6.45) is 0. The summed E-state index contributed by atoms with van der Waals surface area (Å²) in [6.45, 7) is 0.917. The van der Waals surface area contributed by atoms with E-state index >= 15 is 0 Å². The summed E-state index contributed by atoms with van der Waals surface area (Å²) >= 11 is 2.29. The van der Waals surface area contributed by atoms with E-state index < -0.39 is 0 Å². The lowest BCUT2D eigenvalue weighted by atomic mass is 10.3. The molecule has 0 amide bonds. The number of hydrogen-bond acceptors (Lipinski definition) is 2. The predicted molar refractivity (Wildman–Crippen MR) is 51.4 cm³/mol. The van der Waals surface area contributed by atoms with Crippen LogP contribution in [-0.2, 0) is 0 Å². The van der Waals surface area contributed by atoms with Crippen molar-refractivity contribution >= 4 is 34.2 Å². The monoisotopic (exact) mass is 246 g/mol. The van der Waals surface area contributed by atoms with Crippen molar-refractivity contribution in [3.8, 4) is 0 Å². The highest BCUT2D eigenvalue weighted by Crippen LogP contribution is 2.32. The zero-order valence-electron chi connectivity index (χ0n) is 5.34. The van der Waals surface area contributed by atoms with Crippen molar-refractivity contribution in [3.05, 3.63) is 24.3 Å². The first-order valence-corrected chi connectivity index (χ1v) is 4.10. The zero-order chi connectivity index (χ0) is 6.97. The first kappa shape index (κ1) is 6.27. The van der Waals surface area contributed by atoms with E-state index in [2.05, 4.69) is 49.5 Å². The number of para-hydroxylation sites is 2. The Labute approximate surface area is 73.7 Å². The quantitative estimate of drug-likeness (QED) is 0.557. The van der Waals surface area contributed by atoms with Gasteiger partial charge in [0.15, 0.2) is 0 Å². The molecule has 3 heteroatoms. The van der Waals surface area contributed by atoms with E-state index in [1.165, 1.54) is 11.4 Å². The number of hydrogen-bond donors (Lipinski definition) is 1. The molecule has 0 aromatic heterocycles. The van der Waals surface area contributed by atoms with E-state index in [0.717, 1.165) is 6.67 Å². The summed E-state index contributed by atoms with van der Waals surface area (Å²) in [5.41, 5.74) is 2.51. The maximum absolute atomic E-state index is 3.27. The molecule has 0 saturated carbocycles. The summed E-state index contributed by atoms with van der Waals surface area (Å²) in [4.78, 5) is 0. The number of nitrogens with one attached hydrogen (secondary N) is 1. The lowest BCUT2D eigenvalue weighted by molar-refractivity contribution is 1.23. The molecule has 2 rings (SSSR count). The molecule has 1 aromatic carbocycles. The first-order valence-electron chi connectivity index (χ1n) is 3.14. The fourth-order valence-corrected chi connectivity index (χ4v) is 1.67. The molecule has 0 bridgehead atoms. The van der Waals surface area contributed by atoms with E-state index in [1.807, 2.05) is 6.07 Å². The van der Waals surface area contributed by atoms with Crippen LogP contribution in [-0.4, -0.2) is 6.67 Å². The molecule has 1 heterocycles. The molecule has 0 radical (unpaired) electrons. The number of nitrogens with zero attached hydrogens (tertiary/aromatic N) is 1. The van der Waals surface area contributed by atoms with Crippen LogP contribution >= 0.6 is 22.9 Å². The van der Waals surface area contributed by atoms with Gasteiger partial charge in [-0.3, -0.25) is 3.11 Å². The van der Waals surface area contributed by atoms with Gasteiger partial charge in [0.05, 0.1) is 40.9 Å². The van der Waals surface area contributed by atoms with Gasteiger partial charge in [0.25, 0.3) is 0 Å². The van der Waals surface area contributed by atoms with Crippen LogP contribution in [0.1, 0.15) is 0 Å². The third kappa shape index (κ3) is 0.847. The smallest absolute Gasteiger partial charge is 0.0973 e. The molecule has 2 nitrogen and oxygen atoms in total. The Bertz CT molecular complexity index is 249. The molecule has 10 heavy (non-hydrogen) atoms. The molecule has 1 aliphatic heterocycles. The van der Waals surface area contributed by atoms with Gasteiger partial charge in [-0.15, -0.1) is 0 Å². The van der Waals surface area contributed by atoms with Gasteiger partial charge >= 0.3 is 0 Å². The van der Waals surface area contributed by atoms with Crippen molar-refractivity contribution in [2.45, 2.75) is 0 Å². The minimum absolute atomic E-state index is 0.917. The predicted octanol–water partition coefficient (Wildman–Crippen LogP) is 2.23. The zero-order valence-corrected chi connectivity index (χ0v) is 7.50. The van der Waals surface area contributed by atoms with Crippen molar-refractivity contribution in [1.29, 1.82) is 0 Å². The standard InChI is InChI=1S/C7H7IN2/c8-10-5-9-6-3-1-2-4-7(6)10/h1-4,9H,5H2. The summed E-state index contributed by atoms with van der Waals surface area (Å²) in [5.74, 6) is 0. The van der Waals surface area contributed by atoms with Crippen LogP contribution in [0.15, 0.2) is 24.3 Å². The Hall–Kier alpha value is -0.450. The Morgan fingerprint density at radius 3 is 3.00 bits per heavy atom. The molecule has 0 aliphatic carbocycles. The molecule has 1 aromatic rings. The van der Waals surface area contributed by atoms with Gasteiger partial charge in [-0.05, 0) is 12.1 Å². The third-order valence-electron chi connectivity index (χ3n) is 1.57. The van der Waals surface area contributed by atoms with Crippen molar-refractivity contribution in [3.63, 3.8) is 0 Å². The van der Waals surface area contributed by atoms with Crippen LogP contribution in [0.5, 0.6) is 0 Å².